The SMILES string of the molecule is Cc1ccccc1CS(=O)(=O)N1CCN(C(=O)Nc2ccccc2)CC1. The smallest absolute Gasteiger partial charge is 0.321 e. The quantitative estimate of drug-likeness (QED) is 0.896. The molecule has 3 rings (SSSR count). The monoisotopic (exact) mass is 373 g/mol. The van der Waals surface area contributed by atoms with Gasteiger partial charge >= 0.3 is 6.03 Å². The highest BCUT2D eigenvalue weighted by Crippen LogP contribution is 2.17. The molecule has 0 atom stereocenters. The number of sulfonamides is 1. The minimum Gasteiger partial charge on any atom is -0.322 e. The zero-order valence-electron chi connectivity index (χ0n) is 14.8. The molecule has 2 aromatic rings. The molecule has 0 bridgehead atoms. The molecule has 0 radical (unpaired) electrons. The number of carbonyl (C=O) groups is 1. The average Bonchev–Trinajstić information content (AvgIpc) is 2.64. The third-order valence-corrected chi connectivity index (χ3v) is 6.37. The van der Waals surface area contributed by atoms with E-state index >= 15 is 0 Å². The van der Waals surface area contributed by atoms with Crippen LogP contribution in [-0.2, 0) is 15.8 Å². The van der Waals surface area contributed by atoms with Gasteiger partial charge in [-0.3, -0.25) is 0 Å². The first-order valence-corrected chi connectivity index (χ1v) is 10.2. The van der Waals surface area contributed by atoms with E-state index in [4.69, 9.17) is 0 Å². The van der Waals surface area contributed by atoms with Crippen LogP contribution in [0.3, 0.4) is 0 Å². The summed E-state index contributed by atoms with van der Waals surface area (Å²) in [6.07, 6.45) is 0. The fourth-order valence-corrected chi connectivity index (χ4v) is 4.57. The lowest BCUT2D eigenvalue weighted by atomic mass is 10.1. The maximum Gasteiger partial charge on any atom is 0.321 e. The second kappa shape index (κ2) is 7.88. The summed E-state index contributed by atoms with van der Waals surface area (Å²) in [7, 11) is -3.39. The maximum atomic E-state index is 12.7. The van der Waals surface area contributed by atoms with E-state index in [2.05, 4.69) is 5.32 Å². The molecule has 1 N–H and O–H groups in total. The maximum absolute atomic E-state index is 12.7. The molecule has 0 saturated carbocycles. The Bertz CT molecular complexity index is 861. The number of rotatable bonds is 4. The van der Waals surface area contributed by atoms with E-state index in [1.165, 1.54) is 4.31 Å². The molecule has 1 aliphatic rings. The second-order valence-electron chi connectivity index (χ2n) is 6.36. The minimum atomic E-state index is -3.39. The van der Waals surface area contributed by atoms with E-state index in [1.54, 1.807) is 4.90 Å². The van der Waals surface area contributed by atoms with Crippen molar-refractivity contribution in [1.29, 1.82) is 0 Å². The van der Waals surface area contributed by atoms with Crippen molar-refractivity contribution < 1.29 is 13.2 Å². The molecular weight excluding hydrogens is 350 g/mol. The first-order valence-electron chi connectivity index (χ1n) is 8.59. The Kier molecular flexibility index (Phi) is 5.58. The Balaban J connectivity index is 1.57. The molecule has 0 unspecified atom stereocenters. The van der Waals surface area contributed by atoms with E-state index < -0.39 is 10.0 Å². The summed E-state index contributed by atoms with van der Waals surface area (Å²) in [5, 5.41) is 2.83. The minimum absolute atomic E-state index is 0.00408. The Labute approximate surface area is 154 Å². The van der Waals surface area contributed by atoms with E-state index in [0.29, 0.717) is 26.2 Å². The summed E-state index contributed by atoms with van der Waals surface area (Å²) in [5.74, 6) is -0.00408. The standard InChI is InChI=1S/C19H23N3O3S/c1-16-7-5-6-8-17(16)15-26(24,25)22-13-11-21(12-14-22)19(23)20-18-9-3-2-4-10-18/h2-10H,11-15H2,1H3,(H,20,23). The van der Waals surface area contributed by atoms with Gasteiger partial charge in [-0.15, -0.1) is 0 Å². The molecule has 2 aromatic carbocycles. The van der Waals surface area contributed by atoms with Crippen molar-refractivity contribution in [2.75, 3.05) is 31.5 Å². The molecule has 1 saturated heterocycles. The summed E-state index contributed by atoms with van der Waals surface area (Å²) in [5.41, 5.74) is 2.51. The van der Waals surface area contributed by atoms with Crippen molar-refractivity contribution in [1.82, 2.24) is 9.21 Å². The van der Waals surface area contributed by atoms with Gasteiger partial charge in [-0.25, -0.2) is 13.2 Å². The van der Waals surface area contributed by atoms with Crippen LogP contribution >= 0.6 is 0 Å². The zero-order chi connectivity index (χ0) is 18.6. The van der Waals surface area contributed by atoms with Gasteiger partial charge in [-0.1, -0.05) is 42.5 Å². The number of hydrogen-bond donors (Lipinski definition) is 1. The van der Waals surface area contributed by atoms with Crippen molar-refractivity contribution >= 4 is 21.7 Å². The first kappa shape index (κ1) is 18.4. The molecule has 6 nitrogen and oxygen atoms in total. The molecule has 138 valence electrons. The lowest BCUT2D eigenvalue weighted by molar-refractivity contribution is 0.184. The number of nitrogens with one attached hydrogen (secondary N) is 1. The van der Waals surface area contributed by atoms with Gasteiger partial charge in [0.1, 0.15) is 0 Å². The number of piperazine rings is 1. The number of carbonyl (C=O) groups excluding carboxylic acids is 1. The Morgan fingerprint density at radius 3 is 2.23 bits per heavy atom. The number of anilines is 1. The molecule has 0 spiro atoms. The van der Waals surface area contributed by atoms with Crippen LogP contribution in [0.1, 0.15) is 11.1 Å². The van der Waals surface area contributed by atoms with Gasteiger partial charge in [-0.2, -0.15) is 4.31 Å². The van der Waals surface area contributed by atoms with Gasteiger partial charge in [0.25, 0.3) is 0 Å². The predicted molar refractivity (Wildman–Crippen MR) is 102 cm³/mol. The summed E-state index contributed by atoms with van der Waals surface area (Å²) in [4.78, 5) is 14.0. The van der Waals surface area contributed by atoms with E-state index in [0.717, 1.165) is 16.8 Å². The molecule has 2 amide bonds. The fourth-order valence-electron chi connectivity index (χ4n) is 2.95. The highest BCUT2D eigenvalue weighted by atomic mass is 32.2. The zero-order valence-corrected chi connectivity index (χ0v) is 15.6. The molecule has 1 aliphatic heterocycles. The lowest BCUT2D eigenvalue weighted by Gasteiger charge is -2.34. The summed E-state index contributed by atoms with van der Waals surface area (Å²) < 4.78 is 26.8. The molecular formula is C19H23N3O3S. The van der Waals surface area contributed by atoms with Crippen molar-refractivity contribution in [3.05, 3.63) is 65.7 Å². The van der Waals surface area contributed by atoms with Crippen LogP contribution < -0.4 is 5.32 Å². The summed E-state index contributed by atoms with van der Waals surface area (Å²) in [6, 6.07) is 16.5. The van der Waals surface area contributed by atoms with Gasteiger partial charge in [0.2, 0.25) is 10.0 Å². The Morgan fingerprint density at radius 1 is 0.962 bits per heavy atom. The topological polar surface area (TPSA) is 69.7 Å². The van der Waals surface area contributed by atoms with E-state index in [-0.39, 0.29) is 11.8 Å². The molecule has 1 fully saturated rings. The lowest BCUT2D eigenvalue weighted by Crippen LogP contribution is -2.51. The van der Waals surface area contributed by atoms with E-state index in [1.807, 2.05) is 61.5 Å². The van der Waals surface area contributed by atoms with Crippen molar-refractivity contribution in [2.24, 2.45) is 0 Å². The van der Waals surface area contributed by atoms with Crippen LogP contribution in [0.5, 0.6) is 0 Å². The van der Waals surface area contributed by atoms with Gasteiger partial charge in [0.15, 0.2) is 0 Å². The van der Waals surface area contributed by atoms with Crippen LogP contribution in [0.2, 0.25) is 0 Å². The number of nitrogens with zero attached hydrogens (tertiary/aromatic N) is 2. The third-order valence-electron chi connectivity index (χ3n) is 4.54. The fraction of sp³-hybridized carbons (Fsp3) is 0.316. The van der Waals surface area contributed by atoms with Gasteiger partial charge in [-0.05, 0) is 30.2 Å². The number of urea groups is 1. The largest absolute Gasteiger partial charge is 0.322 e. The van der Waals surface area contributed by atoms with Crippen LogP contribution in [0, 0.1) is 6.92 Å². The van der Waals surface area contributed by atoms with Crippen LogP contribution in [0.15, 0.2) is 54.6 Å². The van der Waals surface area contributed by atoms with Crippen molar-refractivity contribution in [3.8, 4) is 0 Å². The number of amides is 2. The number of benzene rings is 2. The number of hydrogen-bond acceptors (Lipinski definition) is 3. The van der Waals surface area contributed by atoms with Crippen LogP contribution in [0.4, 0.5) is 10.5 Å². The number of aryl methyl sites for hydroxylation is 1. The summed E-state index contributed by atoms with van der Waals surface area (Å²) in [6.45, 7) is 3.31. The van der Waals surface area contributed by atoms with Crippen molar-refractivity contribution in [3.63, 3.8) is 0 Å². The Hall–Kier alpha value is -2.38. The third kappa shape index (κ3) is 4.42. The molecule has 0 aromatic heterocycles. The normalized spacial score (nSPS) is 15.7. The predicted octanol–water partition coefficient (Wildman–Crippen LogP) is 2.67. The highest BCUT2D eigenvalue weighted by molar-refractivity contribution is 7.88. The van der Waals surface area contributed by atoms with Crippen LogP contribution in [-0.4, -0.2) is 49.8 Å². The first-order chi connectivity index (χ1) is 12.5. The molecule has 0 aliphatic carbocycles. The Morgan fingerprint density at radius 2 is 1.58 bits per heavy atom. The molecule has 1 heterocycles. The molecule has 26 heavy (non-hydrogen) atoms. The van der Waals surface area contributed by atoms with Crippen molar-refractivity contribution in [2.45, 2.75) is 12.7 Å². The van der Waals surface area contributed by atoms with Gasteiger partial charge in [0, 0.05) is 31.9 Å². The van der Waals surface area contributed by atoms with Gasteiger partial charge in [0.05, 0.1) is 5.75 Å². The van der Waals surface area contributed by atoms with Gasteiger partial charge < -0.3 is 10.2 Å². The summed E-state index contributed by atoms with van der Waals surface area (Å²) >= 11 is 0. The second-order valence-corrected chi connectivity index (χ2v) is 8.33. The molecule has 7 heteroatoms. The number of para-hydroxylation sites is 1. The van der Waals surface area contributed by atoms with Crippen LogP contribution in [0.25, 0.3) is 0 Å². The van der Waals surface area contributed by atoms with E-state index in [9.17, 15) is 13.2 Å². The average molecular weight is 373 g/mol. The highest BCUT2D eigenvalue weighted by Gasteiger charge is 2.29.